The first-order chi connectivity index (χ1) is 18.1. The maximum Gasteiger partial charge on any atom is 0.261 e. The normalized spacial score (nSPS) is 20.3. The Kier molecular flexibility index (Phi) is 5.85. The third-order valence-corrected chi connectivity index (χ3v) is 7.22. The average Bonchev–Trinajstić information content (AvgIpc) is 3.58. The molecule has 6 heterocycles. The SMILES string of the molecule is Cl.O=C1NC(=O)C(c2cncc3ccoc23)=C1C1=NC=CN2c3c(cccc31)CC2C(=O)N1CCOCC1. The molecule has 7 rings (SSSR count). The van der Waals surface area contributed by atoms with Gasteiger partial charge in [-0.1, -0.05) is 18.2 Å². The Labute approximate surface area is 223 Å². The minimum absolute atomic E-state index is 0. The van der Waals surface area contributed by atoms with Crippen LogP contribution in [0.4, 0.5) is 5.69 Å². The van der Waals surface area contributed by atoms with Gasteiger partial charge in [0.25, 0.3) is 11.8 Å². The maximum absolute atomic E-state index is 13.5. The second-order valence-corrected chi connectivity index (χ2v) is 9.21. The fourth-order valence-electron chi connectivity index (χ4n) is 5.55. The van der Waals surface area contributed by atoms with E-state index in [-0.39, 0.29) is 29.5 Å². The van der Waals surface area contributed by atoms with Crippen molar-refractivity contribution in [3.8, 4) is 0 Å². The molecule has 192 valence electrons. The first kappa shape index (κ1) is 24.1. The molecule has 4 aliphatic heterocycles. The molecule has 3 amide bonds. The minimum Gasteiger partial charge on any atom is -0.464 e. The zero-order valence-electron chi connectivity index (χ0n) is 20.0. The van der Waals surface area contributed by atoms with Gasteiger partial charge in [0.15, 0.2) is 0 Å². The van der Waals surface area contributed by atoms with Crippen molar-refractivity contribution in [1.82, 2.24) is 15.2 Å². The summed E-state index contributed by atoms with van der Waals surface area (Å²) < 4.78 is 11.1. The van der Waals surface area contributed by atoms with Gasteiger partial charge in [0.05, 0.1) is 42.0 Å². The summed E-state index contributed by atoms with van der Waals surface area (Å²) in [6, 6.07) is 7.07. The molecule has 1 atom stereocenters. The zero-order valence-corrected chi connectivity index (χ0v) is 20.9. The van der Waals surface area contributed by atoms with Crippen LogP contribution in [0.1, 0.15) is 16.7 Å². The molecule has 38 heavy (non-hydrogen) atoms. The van der Waals surface area contributed by atoms with E-state index in [1.807, 2.05) is 28.0 Å². The molecule has 1 N–H and O–H groups in total. The topological polar surface area (TPSA) is 117 Å². The highest BCUT2D eigenvalue weighted by molar-refractivity contribution is 6.48. The van der Waals surface area contributed by atoms with Crippen LogP contribution >= 0.6 is 12.4 Å². The summed E-state index contributed by atoms with van der Waals surface area (Å²) in [7, 11) is 0. The Morgan fingerprint density at radius 3 is 2.68 bits per heavy atom. The number of pyridine rings is 1. The molecular weight excluding hydrogens is 510 g/mol. The van der Waals surface area contributed by atoms with Crippen molar-refractivity contribution >= 4 is 58.1 Å². The number of halogens is 1. The highest BCUT2D eigenvalue weighted by Gasteiger charge is 2.42. The second kappa shape index (κ2) is 9.23. The number of amides is 3. The molecule has 1 aromatic carbocycles. The summed E-state index contributed by atoms with van der Waals surface area (Å²) in [6.45, 7) is 2.17. The van der Waals surface area contributed by atoms with Gasteiger partial charge in [-0.25, -0.2) is 0 Å². The van der Waals surface area contributed by atoms with E-state index in [0.29, 0.717) is 55.1 Å². The van der Waals surface area contributed by atoms with Crippen LogP contribution in [0.25, 0.3) is 16.5 Å². The van der Waals surface area contributed by atoms with Crippen molar-refractivity contribution in [3.63, 3.8) is 0 Å². The van der Waals surface area contributed by atoms with E-state index in [4.69, 9.17) is 9.15 Å². The lowest BCUT2D eigenvalue weighted by Gasteiger charge is -2.32. The number of nitrogens with one attached hydrogen (secondary N) is 1. The van der Waals surface area contributed by atoms with Crippen LogP contribution in [0.5, 0.6) is 0 Å². The molecule has 0 radical (unpaired) electrons. The quantitative estimate of drug-likeness (QED) is 0.515. The van der Waals surface area contributed by atoms with Crippen LogP contribution in [0.3, 0.4) is 0 Å². The fraction of sp³-hybridized carbons (Fsp3) is 0.222. The monoisotopic (exact) mass is 531 g/mol. The smallest absolute Gasteiger partial charge is 0.261 e. The van der Waals surface area contributed by atoms with Crippen molar-refractivity contribution in [1.29, 1.82) is 0 Å². The van der Waals surface area contributed by atoms with Crippen molar-refractivity contribution in [3.05, 3.63) is 77.6 Å². The summed E-state index contributed by atoms with van der Waals surface area (Å²) in [4.78, 5) is 52.4. The van der Waals surface area contributed by atoms with Crippen LogP contribution in [0, 0.1) is 0 Å². The number of furan rings is 1. The van der Waals surface area contributed by atoms with Gasteiger partial charge in [-0.15, -0.1) is 12.4 Å². The van der Waals surface area contributed by atoms with Gasteiger partial charge < -0.3 is 19.0 Å². The minimum atomic E-state index is -0.541. The van der Waals surface area contributed by atoms with Gasteiger partial charge in [-0.05, 0) is 11.6 Å². The molecule has 0 saturated carbocycles. The number of morpholine rings is 1. The number of imide groups is 1. The standard InChI is InChI=1S/C27H21N5O5.ClH/c33-25-20(18-14-28-13-16-4-9-37-24(16)18)21(26(34)30-25)22-17-3-1-2-15-12-19(32(23(15)17)6-5-29-22)27(35)31-7-10-36-11-8-31;/h1-6,9,13-14,19H,7-8,10-12H2,(H,30,33,34);1H. The van der Waals surface area contributed by atoms with Crippen LogP contribution in [0.2, 0.25) is 0 Å². The number of anilines is 1. The van der Waals surface area contributed by atoms with Crippen molar-refractivity contribution in [2.24, 2.45) is 4.99 Å². The number of hydrogen-bond donors (Lipinski definition) is 1. The molecular formula is C27H22ClN5O5. The molecule has 11 heteroatoms. The fourth-order valence-corrected chi connectivity index (χ4v) is 5.55. The van der Waals surface area contributed by atoms with E-state index in [1.54, 1.807) is 24.7 Å². The first-order valence-corrected chi connectivity index (χ1v) is 12.1. The predicted molar refractivity (Wildman–Crippen MR) is 141 cm³/mol. The molecule has 3 aromatic rings. The predicted octanol–water partition coefficient (Wildman–Crippen LogP) is 2.22. The summed E-state index contributed by atoms with van der Waals surface area (Å²) in [5.74, 6) is -1.05. The van der Waals surface area contributed by atoms with E-state index in [1.165, 1.54) is 12.5 Å². The zero-order chi connectivity index (χ0) is 25.1. The third kappa shape index (κ3) is 3.56. The van der Waals surface area contributed by atoms with Crippen molar-refractivity contribution < 1.29 is 23.5 Å². The van der Waals surface area contributed by atoms with Crippen LogP contribution in [0.15, 0.2) is 70.3 Å². The number of para-hydroxylation sites is 1. The van der Waals surface area contributed by atoms with Crippen LogP contribution < -0.4 is 10.2 Å². The van der Waals surface area contributed by atoms with Crippen molar-refractivity contribution in [2.45, 2.75) is 12.5 Å². The second-order valence-electron chi connectivity index (χ2n) is 9.21. The summed E-state index contributed by atoms with van der Waals surface area (Å²) >= 11 is 0. The number of aromatic nitrogens is 1. The maximum atomic E-state index is 13.5. The number of fused-ring (bicyclic) bond motifs is 1. The Balaban J connectivity index is 0.00000264. The molecule has 1 saturated heterocycles. The number of carbonyl (C=O) groups excluding carboxylic acids is 3. The molecule has 4 aliphatic rings. The Morgan fingerprint density at radius 2 is 1.84 bits per heavy atom. The summed E-state index contributed by atoms with van der Waals surface area (Å²) in [5.41, 5.74) is 4.03. The molecule has 0 spiro atoms. The lowest BCUT2D eigenvalue weighted by Crippen LogP contribution is -2.49. The number of carbonyl (C=O) groups is 3. The Hall–Kier alpha value is -4.28. The average molecular weight is 532 g/mol. The van der Waals surface area contributed by atoms with Gasteiger partial charge in [-0.3, -0.25) is 29.7 Å². The van der Waals surface area contributed by atoms with E-state index in [2.05, 4.69) is 15.3 Å². The van der Waals surface area contributed by atoms with Gasteiger partial charge in [0.2, 0.25) is 5.91 Å². The molecule has 0 bridgehead atoms. The van der Waals surface area contributed by atoms with Gasteiger partial charge in [0.1, 0.15) is 11.6 Å². The van der Waals surface area contributed by atoms with Crippen LogP contribution in [-0.4, -0.2) is 65.7 Å². The lowest BCUT2D eigenvalue weighted by atomic mass is 9.93. The summed E-state index contributed by atoms with van der Waals surface area (Å²) in [5, 5.41) is 3.14. The molecule has 10 nitrogen and oxygen atoms in total. The molecule has 1 fully saturated rings. The number of nitrogens with zero attached hydrogens (tertiary/aromatic N) is 4. The number of rotatable bonds is 3. The van der Waals surface area contributed by atoms with Gasteiger partial charge >= 0.3 is 0 Å². The number of aliphatic imine (C=N–C) groups is 1. The van der Waals surface area contributed by atoms with Crippen molar-refractivity contribution in [2.75, 3.05) is 31.2 Å². The highest BCUT2D eigenvalue weighted by Crippen LogP contribution is 2.41. The van der Waals surface area contributed by atoms with Gasteiger partial charge in [-0.2, -0.15) is 0 Å². The number of benzene rings is 1. The number of ether oxygens (including phenoxy) is 1. The van der Waals surface area contributed by atoms with Crippen LogP contribution in [-0.2, 0) is 25.5 Å². The Bertz CT molecular complexity index is 1600. The number of hydrogen-bond acceptors (Lipinski definition) is 8. The van der Waals surface area contributed by atoms with E-state index >= 15 is 0 Å². The highest BCUT2D eigenvalue weighted by atomic mass is 35.5. The van der Waals surface area contributed by atoms with E-state index in [9.17, 15) is 14.4 Å². The Morgan fingerprint density at radius 1 is 1.03 bits per heavy atom. The first-order valence-electron chi connectivity index (χ1n) is 12.1. The summed E-state index contributed by atoms with van der Waals surface area (Å²) in [6.07, 6.45) is 8.56. The molecule has 2 aromatic heterocycles. The lowest BCUT2D eigenvalue weighted by molar-refractivity contribution is -0.136. The van der Waals surface area contributed by atoms with E-state index in [0.717, 1.165) is 16.6 Å². The van der Waals surface area contributed by atoms with Gasteiger partial charge in [0, 0.05) is 60.8 Å². The molecule has 1 unspecified atom stereocenters. The largest absolute Gasteiger partial charge is 0.464 e. The van der Waals surface area contributed by atoms with E-state index < -0.39 is 17.9 Å². The molecule has 0 aliphatic carbocycles. The third-order valence-electron chi connectivity index (χ3n) is 7.22.